The van der Waals surface area contributed by atoms with E-state index in [1.807, 2.05) is 7.05 Å². The summed E-state index contributed by atoms with van der Waals surface area (Å²) in [6.07, 6.45) is 4.20. The van der Waals surface area contributed by atoms with Gasteiger partial charge in [0.2, 0.25) is 0 Å². The van der Waals surface area contributed by atoms with Crippen LogP contribution >= 0.6 is 0 Å². The minimum absolute atomic E-state index is 1.03. The van der Waals surface area contributed by atoms with Gasteiger partial charge in [-0.15, -0.1) is 0 Å². The Bertz CT molecular complexity index is 128. The molecular formula is C9H17N. The molecule has 0 rings (SSSR count). The summed E-state index contributed by atoms with van der Waals surface area (Å²) in [6, 6.07) is 0. The normalized spacial score (nSPS) is 11.3. The molecule has 0 aliphatic heterocycles. The van der Waals surface area contributed by atoms with Gasteiger partial charge >= 0.3 is 0 Å². The summed E-state index contributed by atoms with van der Waals surface area (Å²) in [5.41, 5.74) is 2.44. The Morgan fingerprint density at radius 1 is 1.40 bits per heavy atom. The van der Waals surface area contributed by atoms with Gasteiger partial charge in [0.25, 0.3) is 0 Å². The van der Waals surface area contributed by atoms with Gasteiger partial charge in [0, 0.05) is 12.7 Å². The van der Waals surface area contributed by atoms with Crippen LogP contribution in [0.25, 0.3) is 0 Å². The largest absolute Gasteiger partial charge is 0.391 e. The molecule has 0 bridgehead atoms. The highest BCUT2D eigenvalue weighted by Gasteiger charge is 1.88. The molecule has 0 heterocycles. The standard InChI is InChI=1S/C9H17N/c1-5-8(3)7-9(6-2)10-4/h7,10H,3,5-6H2,1-2,4H3/b9-7-. The van der Waals surface area contributed by atoms with E-state index in [2.05, 4.69) is 31.8 Å². The van der Waals surface area contributed by atoms with Crippen LogP contribution in [-0.2, 0) is 0 Å². The number of hydrogen-bond acceptors (Lipinski definition) is 1. The zero-order valence-corrected chi connectivity index (χ0v) is 7.20. The zero-order chi connectivity index (χ0) is 7.98. The fourth-order valence-corrected chi connectivity index (χ4v) is 0.699. The van der Waals surface area contributed by atoms with Crippen molar-refractivity contribution in [1.82, 2.24) is 5.32 Å². The molecule has 0 aromatic carbocycles. The molecule has 0 spiro atoms. The van der Waals surface area contributed by atoms with E-state index in [1.165, 1.54) is 11.3 Å². The molecule has 1 nitrogen and oxygen atoms in total. The van der Waals surface area contributed by atoms with E-state index in [-0.39, 0.29) is 0 Å². The van der Waals surface area contributed by atoms with Crippen LogP contribution in [0.4, 0.5) is 0 Å². The molecule has 58 valence electrons. The lowest BCUT2D eigenvalue weighted by Gasteiger charge is -2.02. The summed E-state index contributed by atoms with van der Waals surface area (Å²) < 4.78 is 0. The van der Waals surface area contributed by atoms with Gasteiger partial charge in [0.05, 0.1) is 0 Å². The van der Waals surface area contributed by atoms with Crippen molar-refractivity contribution in [2.24, 2.45) is 0 Å². The number of allylic oxidation sites excluding steroid dienone is 3. The molecule has 0 saturated carbocycles. The van der Waals surface area contributed by atoms with E-state index in [0.717, 1.165) is 12.8 Å². The molecule has 1 N–H and O–H groups in total. The molecule has 0 aromatic heterocycles. The average molecular weight is 139 g/mol. The van der Waals surface area contributed by atoms with Crippen LogP contribution in [0.15, 0.2) is 23.9 Å². The van der Waals surface area contributed by atoms with E-state index in [1.54, 1.807) is 0 Å². The van der Waals surface area contributed by atoms with Gasteiger partial charge in [-0.25, -0.2) is 0 Å². The third-order valence-electron chi connectivity index (χ3n) is 1.53. The molecule has 10 heavy (non-hydrogen) atoms. The summed E-state index contributed by atoms with van der Waals surface area (Å²) in [6.45, 7) is 8.14. The van der Waals surface area contributed by atoms with E-state index in [0.29, 0.717) is 0 Å². The molecule has 0 atom stereocenters. The molecule has 0 amide bonds. The Balaban J connectivity index is 3.96. The van der Waals surface area contributed by atoms with Crippen molar-refractivity contribution in [2.75, 3.05) is 7.05 Å². The summed E-state index contributed by atoms with van der Waals surface area (Å²) in [5, 5.41) is 3.12. The molecule has 0 aliphatic carbocycles. The maximum atomic E-state index is 3.89. The van der Waals surface area contributed by atoms with Crippen molar-refractivity contribution in [3.05, 3.63) is 23.9 Å². The predicted octanol–water partition coefficient (Wildman–Crippen LogP) is 2.47. The van der Waals surface area contributed by atoms with Crippen LogP contribution in [0.2, 0.25) is 0 Å². The van der Waals surface area contributed by atoms with Crippen LogP contribution in [0.1, 0.15) is 26.7 Å². The monoisotopic (exact) mass is 139 g/mol. The molecule has 0 aliphatic rings. The second-order valence-corrected chi connectivity index (χ2v) is 2.28. The van der Waals surface area contributed by atoms with Gasteiger partial charge in [-0.05, 0) is 18.9 Å². The Morgan fingerprint density at radius 3 is 2.30 bits per heavy atom. The Hall–Kier alpha value is -0.720. The molecule has 0 radical (unpaired) electrons. The Morgan fingerprint density at radius 2 is 2.00 bits per heavy atom. The lowest BCUT2D eigenvalue weighted by Crippen LogP contribution is -2.04. The maximum absolute atomic E-state index is 3.89. The molecular weight excluding hydrogens is 122 g/mol. The van der Waals surface area contributed by atoms with Gasteiger partial charge < -0.3 is 5.32 Å². The maximum Gasteiger partial charge on any atom is 0.0104 e. The van der Waals surface area contributed by atoms with Crippen LogP contribution in [-0.4, -0.2) is 7.05 Å². The Labute approximate surface area is 63.8 Å². The first-order valence-corrected chi connectivity index (χ1v) is 3.80. The minimum Gasteiger partial charge on any atom is -0.391 e. The van der Waals surface area contributed by atoms with Gasteiger partial charge in [-0.3, -0.25) is 0 Å². The smallest absolute Gasteiger partial charge is 0.0104 e. The second-order valence-electron chi connectivity index (χ2n) is 2.28. The molecule has 0 fully saturated rings. The first-order chi connectivity index (χ1) is 4.74. The zero-order valence-electron chi connectivity index (χ0n) is 7.20. The van der Waals surface area contributed by atoms with Crippen molar-refractivity contribution in [2.45, 2.75) is 26.7 Å². The number of rotatable bonds is 4. The van der Waals surface area contributed by atoms with Crippen molar-refractivity contribution in [1.29, 1.82) is 0 Å². The predicted molar refractivity (Wildman–Crippen MR) is 46.9 cm³/mol. The third-order valence-corrected chi connectivity index (χ3v) is 1.53. The fraction of sp³-hybridized carbons (Fsp3) is 0.556. The van der Waals surface area contributed by atoms with Crippen LogP contribution in [0.5, 0.6) is 0 Å². The Kier molecular flexibility index (Phi) is 4.73. The highest BCUT2D eigenvalue weighted by Crippen LogP contribution is 2.03. The van der Waals surface area contributed by atoms with Crippen LogP contribution in [0.3, 0.4) is 0 Å². The van der Waals surface area contributed by atoms with Crippen molar-refractivity contribution >= 4 is 0 Å². The molecule has 1 heteroatoms. The van der Waals surface area contributed by atoms with Gasteiger partial charge in [0.15, 0.2) is 0 Å². The summed E-state index contributed by atoms with van der Waals surface area (Å²) in [5.74, 6) is 0. The van der Waals surface area contributed by atoms with E-state index in [9.17, 15) is 0 Å². The van der Waals surface area contributed by atoms with Crippen molar-refractivity contribution < 1.29 is 0 Å². The topological polar surface area (TPSA) is 12.0 Å². The first-order valence-electron chi connectivity index (χ1n) is 3.80. The van der Waals surface area contributed by atoms with Crippen molar-refractivity contribution in [3.63, 3.8) is 0 Å². The number of hydrogen-bond donors (Lipinski definition) is 1. The SMILES string of the molecule is C=C(/C=C(/CC)NC)CC. The number of nitrogens with one attached hydrogen (secondary N) is 1. The van der Waals surface area contributed by atoms with Gasteiger partial charge in [0.1, 0.15) is 0 Å². The molecule has 0 aromatic rings. The molecule has 0 unspecified atom stereocenters. The second kappa shape index (κ2) is 5.10. The summed E-state index contributed by atoms with van der Waals surface area (Å²) >= 11 is 0. The van der Waals surface area contributed by atoms with E-state index in [4.69, 9.17) is 0 Å². The van der Waals surface area contributed by atoms with Crippen LogP contribution < -0.4 is 5.32 Å². The van der Waals surface area contributed by atoms with Crippen molar-refractivity contribution in [3.8, 4) is 0 Å². The lowest BCUT2D eigenvalue weighted by atomic mass is 10.2. The summed E-state index contributed by atoms with van der Waals surface area (Å²) in [7, 11) is 1.94. The first kappa shape index (κ1) is 9.28. The summed E-state index contributed by atoms with van der Waals surface area (Å²) in [4.78, 5) is 0. The lowest BCUT2D eigenvalue weighted by molar-refractivity contribution is 0.894. The fourth-order valence-electron chi connectivity index (χ4n) is 0.699. The molecule has 0 saturated heterocycles. The van der Waals surface area contributed by atoms with E-state index >= 15 is 0 Å². The quantitative estimate of drug-likeness (QED) is 0.590. The third kappa shape index (κ3) is 3.33. The van der Waals surface area contributed by atoms with Gasteiger partial charge in [-0.1, -0.05) is 26.0 Å². The van der Waals surface area contributed by atoms with Gasteiger partial charge in [-0.2, -0.15) is 0 Å². The highest BCUT2D eigenvalue weighted by atomic mass is 14.8. The van der Waals surface area contributed by atoms with Crippen LogP contribution in [0, 0.1) is 0 Å². The minimum atomic E-state index is 1.03. The average Bonchev–Trinajstić information content (AvgIpc) is 1.99. The highest BCUT2D eigenvalue weighted by molar-refractivity contribution is 5.18. The van der Waals surface area contributed by atoms with E-state index < -0.39 is 0 Å².